The second-order valence-corrected chi connectivity index (χ2v) is 2.89. The molecule has 0 aromatic rings. The molecular weight excluding hydrogens is 180 g/mol. The molecule has 1 amide bonds. The summed E-state index contributed by atoms with van der Waals surface area (Å²) < 4.78 is 4.75. The van der Waals surface area contributed by atoms with Gasteiger partial charge in [0, 0.05) is 12.6 Å². The first-order valence-electron chi connectivity index (χ1n) is 4.93. The lowest BCUT2D eigenvalue weighted by Crippen LogP contribution is -2.39. The van der Waals surface area contributed by atoms with E-state index in [-0.39, 0.29) is 12.1 Å². The van der Waals surface area contributed by atoms with Gasteiger partial charge in [-0.25, -0.2) is 4.79 Å². The molecule has 14 heavy (non-hydrogen) atoms. The summed E-state index contributed by atoms with van der Waals surface area (Å²) in [5, 5.41) is 5.80. The topological polar surface area (TPSA) is 50.4 Å². The molecule has 0 aromatic heterocycles. The minimum Gasteiger partial charge on any atom is -0.450 e. The summed E-state index contributed by atoms with van der Waals surface area (Å²) in [6.07, 6.45) is 4.61. The third kappa shape index (κ3) is 6.48. The van der Waals surface area contributed by atoms with Crippen LogP contribution in [0.2, 0.25) is 0 Å². The maximum absolute atomic E-state index is 11.0. The van der Waals surface area contributed by atoms with Crippen molar-refractivity contribution in [1.82, 2.24) is 10.6 Å². The minimum absolute atomic E-state index is 0.260. The summed E-state index contributed by atoms with van der Waals surface area (Å²) in [7, 11) is 1.88. The van der Waals surface area contributed by atoms with Gasteiger partial charge in [-0.3, -0.25) is 0 Å². The smallest absolute Gasteiger partial charge is 0.407 e. The molecule has 0 heterocycles. The van der Waals surface area contributed by atoms with Crippen molar-refractivity contribution >= 4 is 6.09 Å². The van der Waals surface area contributed by atoms with Gasteiger partial charge < -0.3 is 15.4 Å². The van der Waals surface area contributed by atoms with Gasteiger partial charge in [-0.15, -0.1) is 0 Å². The highest BCUT2D eigenvalue weighted by Gasteiger charge is 2.06. The molecule has 0 spiro atoms. The highest BCUT2D eigenvalue weighted by molar-refractivity contribution is 5.67. The fourth-order valence-corrected chi connectivity index (χ4v) is 0.992. The van der Waals surface area contributed by atoms with Gasteiger partial charge in [0.25, 0.3) is 0 Å². The Bertz CT molecular complexity index is 181. The zero-order chi connectivity index (χ0) is 10.8. The average molecular weight is 200 g/mol. The molecule has 0 saturated carbocycles. The van der Waals surface area contributed by atoms with Gasteiger partial charge >= 0.3 is 6.09 Å². The van der Waals surface area contributed by atoms with E-state index in [4.69, 9.17) is 4.74 Å². The monoisotopic (exact) mass is 200 g/mol. The molecule has 4 nitrogen and oxygen atoms in total. The normalized spacial score (nSPS) is 12.8. The van der Waals surface area contributed by atoms with E-state index in [9.17, 15) is 4.79 Å². The van der Waals surface area contributed by atoms with Crippen LogP contribution in [0.25, 0.3) is 0 Å². The lowest BCUT2D eigenvalue weighted by atomic mass is 10.2. The molecule has 0 radical (unpaired) electrons. The third-order valence-electron chi connectivity index (χ3n) is 1.83. The number of carbonyl (C=O) groups excluding carboxylic acids is 1. The molecule has 0 fully saturated rings. The van der Waals surface area contributed by atoms with Crippen molar-refractivity contribution in [2.24, 2.45) is 0 Å². The van der Waals surface area contributed by atoms with Gasteiger partial charge in [0.05, 0.1) is 6.61 Å². The number of rotatable bonds is 6. The summed E-state index contributed by atoms with van der Waals surface area (Å²) in [5.41, 5.74) is 0. The van der Waals surface area contributed by atoms with Crippen LogP contribution >= 0.6 is 0 Å². The Morgan fingerprint density at radius 2 is 2.29 bits per heavy atom. The minimum atomic E-state index is -0.353. The maximum Gasteiger partial charge on any atom is 0.407 e. The van der Waals surface area contributed by atoms with Crippen molar-refractivity contribution in [2.75, 3.05) is 20.2 Å². The van der Waals surface area contributed by atoms with Gasteiger partial charge in [-0.2, -0.15) is 0 Å². The van der Waals surface area contributed by atoms with Crippen LogP contribution in [-0.4, -0.2) is 32.3 Å². The standard InChI is InChI=1S/C10H20N2O2/c1-4-6-7-9(11-3)8-12-10(13)14-5-2/h4,6,9,11H,5,7-8H2,1-3H3,(H,12,13)/b6-4-. The van der Waals surface area contributed by atoms with Crippen LogP contribution in [0.15, 0.2) is 12.2 Å². The number of nitrogens with one attached hydrogen (secondary N) is 2. The van der Waals surface area contributed by atoms with Crippen molar-refractivity contribution in [3.05, 3.63) is 12.2 Å². The molecule has 4 heteroatoms. The van der Waals surface area contributed by atoms with E-state index in [1.807, 2.05) is 20.0 Å². The van der Waals surface area contributed by atoms with Gasteiger partial charge in [0.2, 0.25) is 0 Å². The Morgan fingerprint density at radius 3 is 2.79 bits per heavy atom. The van der Waals surface area contributed by atoms with Crippen molar-refractivity contribution in [3.63, 3.8) is 0 Å². The lowest BCUT2D eigenvalue weighted by molar-refractivity contribution is 0.151. The maximum atomic E-state index is 11.0. The van der Waals surface area contributed by atoms with E-state index in [0.29, 0.717) is 13.2 Å². The van der Waals surface area contributed by atoms with Crippen LogP contribution in [0.4, 0.5) is 4.79 Å². The van der Waals surface area contributed by atoms with Crippen molar-refractivity contribution in [1.29, 1.82) is 0 Å². The van der Waals surface area contributed by atoms with Crippen LogP contribution in [0.1, 0.15) is 20.3 Å². The SMILES string of the molecule is C/C=C\CC(CNC(=O)OCC)NC. The predicted molar refractivity (Wildman–Crippen MR) is 57.3 cm³/mol. The van der Waals surface area contributed by atoms with E-state index in [0.717, 1.165) is 6.42 Å². The van der Waals surface area contributed by atoms with Gasteiger partial charge in [0.15, 0.2) is 0 Å². The van der Waals surface area contributed by atoms with Crippen LogP contribution in [0, 0.1) is 0 Å². The Balaban J connectivity index is 3.66. The molecule has 2 N–H and O–H groups in total. The summed E-state index contributed by atoms with van der Waals surface area (Å²) in [6.45, 7) is 4.75. The van der Waals surface area contributed by atoms with E-state index in [1.54, 1.807) is 6.92 Å². The summed E-state index contributed by atoms with van der Waals surface area (Å²) in [4.78, 5) is 11.0. The molecule has 82 valence electrons. The molecule has 0 aliphatic carbocycles. The average Bonchev–Trinajstić information content (AvgIpc) is 2.19. The first kappa shape index (κ1) is 13.0. The van der Waals surface area contributed by atoms with Crippen molar-refractivity contribution < 1.29 is 9.53 Å². The summed E-state index contributed by atoms with van der Waals surface area (Å²) >= 11 is 0. The number of alkyl carbamates (subject to hydrolysis) is 1. The zero-order valence-electron chi connectivity index (χ0n) is 9.17. The van der Waals surface area contributed by atoms with E-state index in [1.165, 1.54) is 0 Å². The number of amides is 1. The van der Waals surface area contributed by atoms with Crippen LogP contribution in [0.3, 0.4) is 0 Å². The highest BCUT2D eigenvalue weighted by Crippen LogP contribution is 1.91. The molecule has 0 rings (SSSR count). The van der Waals surface area contributed by atoms with Gasteiger partial charge in [-0.05, 0) is 27.3 Å². The van der Waals surface area contributed by atoms with E-state index in [2.05, 4.69) is 16.7 Å². The van der Waals surface area contributed by atoms with E-state index < -0.39 is 0 Å². The highest BCUT2D eigenvalue weighted by atomic mass is 16.5. The Morgan fingerprint density at radius 1 is 1.57 bits per heavy atom. The number of hydrogen-bond acceptors (Lipinski definition) is 3. The molecule has 0 bridgehead atoms. The molecule has 0 aliphatic rings. The van der Waals surface area contributed by atoms with Crippen molar-refractivity contribution in [2.45, 2.75) is 26.3 Å². The summed E-state index contributed by atoms with van der Waals surface area (Å²) in [6, 6.07) is 0.260. The fraction of sp³-hybridized carbons (Fsp3) is 0.700. The Labute approximate surface area is 85.7 Å². The number of allylic oxidation sites excluding steroid dienone is 1. The molecule has 0 saturated heterocycles. The zero-order valence-corrected chi connectivity index (χ0v) is 9.17. The second kappa shape index (κ2) is 8.56. The number of likely N-dealkylation sites (N-methyl/N-ethyl adjacent to an activating group) is 1. The van der Waals surface area contributed by atoms with Gasteiger partial charge in [0.1, 0.15) is 0 Å². The number of hydrogen-bond donors (Lipinski definition) is 2. The first-order valence-corrected chi connectivity index (χ1v) is 4.93. The number of carbonyl (C=O) groups is 1. The third-order valence-corrected chi connectivity index (χ3v) is 1.83. The van der Waals surface area contributed by atoms with E-state index >= 15 is 0 Å². The Hall–Kier alpha value is -1.03. The quantitative estimate of drug-likeness (QED) is 0.635. The molecule has 1 unspecified atom stereocenters. The van der Waals surface area contributed by atoms with Crippen LogP contribution in [0.5, 0.6) is 0 Å². The largest absolute Gasteiger partial charge is 0.450 e. The first-order chi connectivity index (χ1) is 6.74. The lowest BCUT2D eigenvalue weighted by Gasteiger charge is -2.14. The molecular formula is C10H20N2O2. The van der Waals surface area contributed by atoms with Crippen LogP contribution in [-0.2, 0) is 4.74 Å². The molecule has 0 aliphatic heterocycles. The molecule has 1 atom stereocenters. The fourth-order valence-electron chi connectivity index (χ4n) is 0.992. The second-order valence-electron chi connectivity index (χ2n) is 2.89. The molecule has 0 aromatic carbocycles. The van der Waals surface area contributed by atoms with Gasteiger partial charge in [-0.1, -0.05) is 12.2 Å². The van der Waals surface area contributed by atoms with Crippen LogP contribution < -0.4 is 10.6 Å². The predicted octanol–water partition coefficient (Wildman–Crippen LogP) is 1.29. The Kier molecular flexibility index (Phi) is 7.93. The number of ether oxygens (including phenoxy) is 1. The van der Waals surface area contributed by atoms with Crippen molar-refractivity contribution in [3.8, 4) is 0 Å². The summed E-state index contributed by atoms with van der Waals surface area (Å²) in [5.74, 6) is 0.